The van der Waals surface area contributed by atoms with Crippen molar-refractivity contribution in [3.05, 3.63) is 35.7 Å². The molecule has 3 heterocycles. The van der Waals surface area contributed by atoms with Crippen LogP contribution in [0.1, 0.15) is 11.1 Å². The standard InChI is InChI=1S/C14H13N5O/c1-8-12(17-14(15)19-7-16-18-13(8)19)10-3-2-4-11-9(10)5-6-20-11/h2-4,7H,5-6H2,1H3,(H2,15,17). The van der Waals surface area contributed by atoms with Crippen LogP contribution < -0.4 is 10.5 Å². The first-order valence-electron chi connectivity index (χ1n) is 6.46. The van der Waals surface area contributed by atoms with E-state index < -0.39 is 0 Å². The molecule has 2 aromatic heterocycles. The highest BCUT2D eigenvalue weighted by Crippen LogP contribution is 2.36. The second-order valence-electron chi connectivity index (χ2n) is 4.85. The molecule has 0 atom stereocenters. The van der Waals surface area contributed by atoms with Gasteiger partial charge in [-0.05, 0) is 13.0 Å². The molecule has 0 aliphatic carbocycles. The minimum atomic E-state index is 0.391. The first-order chi connectivity index (χ1) is 9.75. The predicted octanol–water partition coefficient (Wildman–Crippen LogP) is 1.62. The van der Waals surface area contributed by atoms with Crippen molar-refractivity contribution in [1.29, 1.82) is 0 Å². The lowest BCUT2D eigenvalue weighted by Crippen LogP contribution is -2.04. The zero-order valence-corrected chi connectivity index (χ0v) is 11.0. The Balaban J connectivity index is 2.04. The summed E-state index contributed by atoms with van der Waals surface area (Å²) >= 11 is 0. The Bertz CT molecular complexity index is 824. The number of rotatable bonds is 1. The molecule has 0 radical (unpaired) electrons. The van der Waals surface area contributed by atoms with Gasteiger partial charge in [-0.25, -0.2) is 4.98 Å². The van der Waals surface area contributed by atoms with Gasteiger partial charge < -0.3 is 10.5 Å². The molecule has 0 saturated heterocycles. The maximum absolute atomic E-state index is 5.99. The number of anilines is 1. The number of hydrogen-bond donors (Lipinski definition) is 1. The van der Waals surface area contributed by atoms with E-state index in [0.717, 1.165) is 34.6 Å². The summed E-state index contributed by atoms with van der Waals surface area (Å²) in [5.41, 5.74) is 10.8. The first-order valence-corrected chi connectivity index (χ1v) is 6.46. The second kappa shape index (κ2) is 3.93. The average molecular weight is 267 g/mol. The highest BCUT2D eigenvalue weighted by molar-refractivity contribution is 5.75. The van der Waals surface area contributed by atoms with E-state index >= 15 is 0 Å². The van der Waals surface area contributed by atoms with Gasteiger partial charge in [0.2, 0.25) is 5.95 Å². The molecular weight excluding hydrogens is 254 g/mol. The molecule has 6 nitrogen and oxygen atoms in total. The number of nitrogen functional groups attached to an aromatic ring is 1. The van der Waals surface area contributed by atoms with Crippen molar-refractivity contribution in [2.75, 3.05) is 12.3 Å². The highest BCUT2D eigenvalue weighted by atomic mass is 16.5. The van der Waals surface area contributed by atoms with E-state index in [1.807, 2.05) is 19.1 Å². The number of benzene rings is 1. The van der Waals surface area contributed by atoms with E-state index in [0.29, 0.717) is 12.6 Å². The van der Waals surface area contributed by atoms with Gasteiger partial charge in [0.15, 0.2) is 5.65 Å². The van der Waals surface area contributed by atoms with Gasteiger partial charge in [-0.2, -0.15) is 0 Å². The fraction of sp³-hybridized carbons (Fsp3) is 0.214. The summed E-state index contributed by atoms with van der Waals surface area (Å²) in [5.74, 6) is 1.32. The van der Waals surface area contributed by atoms with Crippen LogP contribution in [0.2, 0.25) is 0 Å². The SMILES string of the molecule is Cc1c(-c2cccc3c2CCO3)nc(N)n2cnnc12. The van der Waals surface area contributed by atoms with E-state index in [1.165, 1.54) is 5.56 Å². The second-order valence-corrected chi connectivity index (χ2v) is 4.85. The van der Waals surface area contributed by atoms with Gasteiger partial charge in [-0.3, -0.25) is 4.40 Å². The van der Waals surface area contributed by atoms with Gasteiger partial charge in [-0.15, -0.1) is 10.2 Å². The zero-order valence-electron chi connectivity index (χ0n) is 11.0. The molecule has 4 rings (SSSR count). The quantitative estimate of drug-likeness (QED) is 0.724. The lowest BCUT2D eigenvalue weighted by molar-refractivity contribution is 0.357. The molecule has 0 spiro atoms. The fourth-order valence-corrected chi connectivity index (χ4v) is 2.72. The Hall–Kier alpha value is -2.63. The number of hydrogen-bond acceptors (Lipinski definition) is 5. The number of aromatic nitrogens is 4. The number of nitrogens with two attached hydrogens (primary N) is 1. The van der Waals surface area contributed by atoms with E-state index in [1.54, 1.807) is 10.7 Å². The molecule has 0 bridgehead atoms. The van der Waals surface area contributed by atoms with Gasteiger partial charge in [0.05, 0.1) is 12.3 Å². The normalized spacial score (nSPS) is 13.4. The summed E-state index contributed by atoms with van der Waals surface area (Å²) in [6, 6.07) is 6.01. The molecule has 1 aromatic carbocycles. The van der Waals surface area contributed by atoms with Crippen LogP contribution in [0.25, 0.3) is 16.9 Å². The van der Waals surface area contributed by atoms with E-state index in [2.05, 4.69) is 21.2 Å². The third-order valence-electron chi connectivity index (χ3n) is 3.71. The summed E-state index contributed by atoms with van der Waals surface area (Å²) in [6.07, 6.45) is 2.47. The molecule has 0 fully saturated rings. The highest BCUT2D eigenvalue weighted by Gasteiger charge is 2.20. The van der Waals surface area contributed by atoms with Crippen LogP contribution >= 0.6 is 0 Å². The molecule has 1 aliphatic heterocycles. The molecule has 6 heteroatoms. The van der Waals surface area contributed by atoms with Crippen molar-refractivity contribution in [3.63, 3.8) is 0 Å². The van der Waals surface area contributed by atoms with Crippen LogP contribution in [0.15, 0.2) is 24.5 Å². The summed E-state index contributed by atoms with van der Waals surface area (Å²) in [6.45, 7) is 2.70. The molecule has 3 aromatic rings. The maximum Gasteiger partial charge on any atom is 0.207 e. The number of fused-ring (bicyclic) bond motifs is 2. The predicted molar refractivity (Wildman–Crippen MR) is 74.6 cm³/mol. The van der Waals surface area contributed by atoms with Gasteiger partial charge in [0.25, 0.3) is 0 Å². The van der Waals surface area contributed by atoms with Crippen molar-refractivity contribution >= 4 is 11.6 Å². The Morgan fingerprint density at radius 2 is 2.25 bits per heavy atom. The number of aryl methyl sites for hydroxylation is 1. The third-order valence-corrected chi connectivity index (χ3v) is 3.71. The first kappa shape index (κ1) is 11.2. The molecule has 20 heavy (non-hydrogen) atoms. The Morgan fingerprint density at radius 3 is 3.15 bits per heavy atom. The van der Waals surface area contributed by atoms with Gasteiger partial charge >= 0.3 is 0 Å². The zero-order chi connectivity index (χ0) is 13.7. The topological polar surface area (TPSA) is 78.3 Å². The van der Waals surface area contributed by atoms with Crippen LogP contribution in [0, 0.1) is 6.92 Å². The summed E-state index contributed by atoms with van der Waals surface area (Å²) in [5, 5.41) is 8.02. The van der Waals surface area contributed by atoms with Crippen molar-refractivity contribution in [2.45, 2.75) is 13.3 Å². The van der Waals surface area contributed by atoms with Crippen molar-refractivity contribution < 1.29 is 4.74 Å². The Kier molecular flexibility index (Phi) is 2.20. The lowest BCUT2D eigenvalue weighted by Gasteiger charge is -2.11. The van der Waals surface area contributed by atoms with Crippen LogP contribution in [-0.2, 0) is 6.42 Å². The van der Waals surface area contributed by atoms with Gasteiger partial charge in [-0.1, -0.05) is 12.1 Å². The monoisotopic (exact) mass is 267 g/mol. The van der Waals surface area contributed by atoms with Crippen molar-refractivity contribution in [3.8, 4) is 17.0 Å². The molecule has 2 N–H and O–H groups in total. The molecular formula is C14H13N5O. The smallest absolute Gasteiger partial charge is 0.207 e. The van der Waals surface area contributed by atoms with E-state index in [-0.39, 0.29) is 0 Å². The van der Waals surface area contributed by atoms with Crippen LogP contribution in [0.5, 0.6) is 5.75 Å². The van der Waals surface area contributed by atoms with E-state index in [4.69, 9.17) is 10.5 Å². The lowest BCUT2D eigenvalue weighted by atomic mass is 9.99. The minimum Gasteiger partial charge on any atom is -0.493 e. The van der Waals surface area contributed by atoms with E-state index in [9.17, 15) is 0 Å². The van der Waals surface area contributed by atoms with Crippen LogP contribution in [0.4, 0.5) is 5.95 Å². The summed E-state index contributed by atoms with van der Waals surface area (Å²) < 4.78 is 7.30. The van der Waals surface area contributed by atoms with Crippen molar-refractivity contribution in [2.24, 2.45) is 0 Å². The summed E-state index contributed by atoms with van der Waals surface area (Å²) in [7, 11) is 0. The molecule has 0 amide bonds. The summed E-state index contributed by atoms with van der Waals surface area (Å²) in [4.78, 5) is 4.53. The van der Waals surface area contributed by atoms with Crippen molar-refractivity contribution in [1.82, 2.24) is 19.6 Å². The number of nitrogens with zero attached hydrogens (tertiary/aromatic N) is 4. The number of ether oxygens (including phenoxy) is 1. The maximum atomic E-state index is 5.99. The Morgan fingerprint density at radius 1 is 1.35 bits per heavy atom. The molecule has 1 aliphatic rings. The average Bonchev–Trinajstić information content (AvgIpc) is 3.10. The van der Waals surface area contributed by atoms with Gasteiger partial charge in [0, 0.05) is 23.1 Å². The fourth-order valence-electron chi connectivity index (χ4n) is 2.72. The van der Waals surface area contributed by atoms with Gasteiger partial charge in [0.1, 0.15) is 12.1 Å². The Labute approximate surface area is 115 Å². The van der Waals surface area contributed by atoms with Crippen LogP contribution in [-0.4, -0.2) is 26.2 Å². The molecule has 0 unspecified atom stereocenters. The molecule has 0 saturated carbocycles. The third kappa shape index (κ3) is 1.41. The largest absolute Gasteiger partial charge is 0.493 e. The minimum absolute atomic E-state index is 0.391. The van der Waals surface area contributed by atoms with Crippen LogP contribution in [0.3, 0.4) is 0 Å². The molecule has 100 valence electrons.